The molecule has 0 aromatic rings. The van der Waals surface area contributed by atoms with Crippen molar-refractivity contribution < 1.29 is 14.3 Å². The number of rotatable bonds is 4. The SMILES string of the molecule is CCCC(OC)C(=O)N1CCOC1. The molecule has 1 fully saturated rings. The molecule has 1 aliphatic rings. The Hall–Kier alpha value is -0.610. The summed E-state index contributed by atoms with van der Waals surface area (Å²) >= 11 is 0. The van der Waals surface area contributed by atoms with Crippen LogP contribution in [0.2, 0.25) is 0 Å². The van der Waals surface area contributed by atoms with Crippen molar-refractivity contribution in [2.45, 2.75) is 25.9 Å². The van der Waals surface area contributed by atoms with Gasteiger partial charge in [0.15, 0.2) is 0 Å². The molecule has 76 valence electrons. The van der Waals surface area contributed by atoms with Crippen molar-refractivity contribution in [3.8, 4) is 0 Å². The molecule has 4 heteroatoms. The Balaban J connectivity index is 2.42. The molecule has 0 N–H and O–H groups in total. The maximum Gasteiger partial charge on any atom is 0.253 e. The van der Waals surface area contributed by atoms with Crippen molar-refractivity contribution in [1.82, 2.24) is 4.90 Å². The smallest absolute Gasteiger partial charge is 0.253 e. The summed E-state index contributed by atoms with van der Waals surface area (Å²) in [6.45, 7) is 3.80. The van der Waals surface area contributed by atoms with Gasteiger partial charge in [0.2, 0.25) is 0 Å². The molecule has 1 amide bonds. The molecule has 0 saturated carbocycles. The summed E-state index contributed by atoms with van der Waals surface area (Å²) in [6, 6.07) is 0. The van der Waals surface area contributed by atoms with Gasteiger partial charge in [-0.25, -0.2) is 0 Å². The molecule has 0 spiro atoms. The van der Waals surface area contributed by atoms with Crippen LogP contribution in [0.1, 0.15) is 19.8 Å². The molecule has 0 aromatic heterocycles. The second kappa shape index (κ2) is 5.19. The third-order valence-electron chi connectivity index (χ3n) is 2.18. The van der Waals surface area contributed by atoms with E-state index in [1.165, 1.54) is 0 Å². The first-order valence-corrected chi connectivity index (χ1v) is 4.69. The Labute approximate surface area is 78.8 Å². The van der Waals surface area contributed by atoms with Gasteiger partial charge in [-0.2, -0.15) is 0 Å². The Kier molecular flexibility index (Phi) is 4.18. The lowest BCUT2D eigenvalue weighted by atomic mass is 10.2. The minimum absolute atomic E-state index is 0.0573. The van der Waals surface area contributed by atoms with E-state index in [0.29, 0.717) is 19.9 Å². The van der Waals surface area contributed by atoms with Crippen molar-refractivity contribution in [3.63, 3.8) is 0 Å². The van der Waals surface area contributed by atoms with Crippen molar-refractivity contribution >= 4 is 5.91 Å². The van der Waals surface area contributed by atoms with E-state index in [0.717, 1.165) is 12.8 Å². The van der Waals surface area contributed by atoms with Gasteiger partial charge in [0.05, 0.1) is 6.61 Å². The molecule has 1 heterocycles. The molecular formula is C9H17NO3. The Bertz CT molecular complexity index is 166. The fourth-order valence-electron chi connectivity index (χ4n) is 1.40. The second-order valence-electron chi connectivity index (χ2n) is 3.15. The lowest BCUT2D eigenvalue weighted by molar-refractivity contribution is -0.142. The first kappa shape index (κ1) is 10.5. The number of amides is 1. The molecule has 0 radical (unpaired) electrons. The second-order valence-corrected chi connectivity index (χ2v) is 3.15. The zero-order chi connectivity index (χ0) is 9.68. The highest BCUT2D eigenvalue weighted by atomic mass is 16.5. The molecule has 13 heavy (non-hydrogen) atoms. The standard InChI is InChI=1S/C9H17NO3/c1-3-4-8(12-2)9(11)10-5-6-13-7-10/h8H,3-7H2,1-2H3. The Morgan fingerprint density at radius 3 is 2.92 bits per heavy atom. The van der Waals surface area contributed by atoms with E-state index in [2.05, 4.69) is 0 Å². The first-order chi connectivity index (χ1) is 6.29. The van der Waals surface area contributed by atoms with Gasteiger partial charge in [-0.05, 0) is 6.42 Å². The van der Waals surface area contributed by atoms with Crippen molar-refractivity contribution in [2.24, 2.45) is 0 Å². The van der Waals surface area contributed by atoms with Gasteiger partial charge in [-0.1, -0.05) is 13.3 Å². The van der Waals surface area contributed by atoms with Crippen LogP contribution in [0.3, 0.4) is 0 Å². The lowest BCUT2D eigenvalue weighted by Gasteiger charge is -2.20. The van der Waals surface area contributed by atoms with E-state index < -0.39 is 0 Å². The van der Waals surface area contributed by atoms with Crippen LogP contribution in [-0.4, -0.2) is 43.9 Å². The molecule has 1 saturated heterocycles. The van der Waals surface area contributed by atoms with E-state index >= 15 is 0 Å². The summed E-state index contributed by atoms with van der Waals surface area (Å²) < 4.78 is 10.2. The number of carbonyl (C=O) groups is 1. The van der Waals surface area contributed by atoms with Crippen LogP contribution in [0, 0.1) is 0 Å². The largest absolute Gasteiger partial charge is 0.372 e. The highest BCUT2D eigenvalue weighted by Gasteiger charge is 2.25. The molecule has 1 rings (SSSR count). The van der Waals surface area contributed by atoms with E-state index in [9.17, 15) is 4.79 Å². The summed E-state index contributed by atoms with van der Waals surface area (Å²) in [5.74, 6) is 0.0573. The summed E-state index contributed by atoms with van der Waals surface area (Å²) in [5, 5.41) is 0. The lowest BCUT2D eigenvalue weighted by Crippen LogP contribution is -2.38. The number of carbonyl (C=O) groups excluding carboxylic acids is 1. The summed E-state index contributed by atoms with van der Waals surface area (Å²) in [5.41, 5.74) is 0. The van der Waals surface area contributed by atoms with E-state index in [1.54, 1.807) is 12.0 Å². The Morgan fingerprint density at radius 1 is 1.69 bits per heavy atom. The molecule has 1 atom stereocenters. The molecule has 1 unspecified atom stereocenters. The predicted octanol–water partition coefficient (Wildman–Crippen LogP) is 0.618. The molecular weight excluding hydrogens is 170 g/mol. The van der Waals surface area contributed by atoms with Gasteiger partial charge in [-0.15, -0.1) is 0 Å². The van der Waals surface area contributed by atoms with Gasteiger partial charge >= 0.3 is 0 Å². The molecule has 0 aromatic carbocycles. The van der Waals surface area contributed by atoms with E-state index in [-0.39, 0.29) is 12.0 Å². The summed E-state index contributed by atoms with van der Waals surface area (Å²) in [6.07, 6.45) is 1.46. The number of ether oxygens (including phenoxy) is 2. The molecule has 0 bridgehead atoms. The van der Waals surface area contributed by atoms with Crippen LogP contribution in [0.15, 0.2) is 0 Å². The van der Waals surface area contributed by atoms with Crippen LogP contribution >= 0.6 is 0 Å². The fraction of sp³-hybridized carbons (Fsp3) is 0.889. The maximum atomic E-state index is 11.7. The third-order valence-corrected chi connectivity index (χ3v) is 2.18. The minimum atomic E-state index is -0.285. The molecule has 1 aliphatic heterocycles. The first-order valence-electron chi connectivity index (χ1n) is 4.69. The van der Waals surface area contributed by atoms with Crippen LogP contribution in [0.4, 0.5) is 0 Å². The number of nitrogens with zero attached hydrogens (tertiary/aromatic N) is 1. The fourth-order valence-corrected chi connectivity index (χ4v) is 1.40. The average Bonchev–Trinajstić information content (AvgIpc) is 2.65. The average molecular weight is 187 g/mol. The monoisotopic (exact) mass is 187 g/mol. The molecule has 4 nitrogen and oxygen atoms in total. The molecule has 0 aliphatic carbocycles. The maximum absolute atomic E-state index is 11.7. The predicted molar refractivity (Wildman–Crippen MR) is 48.2 cm³/mol. The summed E-state index contributed by atoms with van der Waals surface area (Å²) in [4.78, 5) is 13.4. The zero-order valence-corrected chi connectivity index (χ0v) is 8.28. The quantitative estimate of drug-likeness (QED) is 0.647. The van der Waals surface area contributed by atoms with Crippen molar-refractivity contribution in [3.05, 3.63) is 0 Å². The third kappa shape index (κ3) is 2.67. The van der Waals surface area contributed by atoms with E-state index in [1.807, 2.05) is 6.92 Å². The van der Waals surface area contributed by atoms with Gasteiger partial charge in [-0.3, -0.25) is 4.79 Å². The minimum Gasteiger partial charge on any atom is -0.372 e. The van der Waals surface area contributed by atoms with Crippen LogP contribution in [-0.2, 0) is 14.3 Å². The van der Waals surface area contributed by atoms with Crippen LogP contribution < -0.4 is 0 Å². The van der Waals surface area contributed by atoms with E-state index in [4.69, 9.17) is 9.47 Å². The number of hydrogen-bond acceptors (Lipinski definition) is 3. The number of hydrogen-bond donors (Lipinski definition) is 0. The number of methoxy groups -OCH3 is 1. The van der Waals surface area contributed by atoms with Gasteiger partial charge < -0.3 is 14.4 Å². The van der Waals surface area contributed by atoms with Gasteiger partial charge in [0.25, 0.3) is 5.91 Å². The van der Waals surface area contributed by atoms with Gasteiger partial charge in [0.1, 0.15) is 12.8 Å². The van der Waals surface area contributed by atoms with Gasteiger partial charge in [0, 0.05) is 13.7 Å². The topological polar surface area (TPSA) is 38.8 Å². The van der Waals surface area contributed by atoms with Crippen LogP contribution in [0.5, 0.6) is 0 Å². The zero-order valence-electron chi connectivity index (χ0n) is 8.28. The van der Waals surface area contributed by atoms with Crippen molar-refractivity contribution in [2.75, 3.05) is 27.0 Å². The highest BCUT2D eigenvalue weighted by molar-refractivity contribution is 5.80. The van der Waals surface area contributed by atoms with Crippen LogP contribution in [0.25, 0.3) is 0 Å². The highest BCUT2D eigenvalue weighted by Crippen LogP contribution is 2.08. The Morgan fingerprint density at radius 2 is 2.46 bits per heavy atom. The normalized spacial score (nSPS) is 19.1. The summed E-state index contributed by atoms with van der Waals surface area (Å²) in [7, 11) is 1.58. The van der Waals surface area contributed by atoms with Crippen molar-refractivity contribution in [1.29, 1.82) is 0 Å².